The molecule has 1 aliphatic rings. The molecule has 0 atom stereocenters. The lowest BCUT2D eigenvalue weighted by atomic mass is 10.2. The van der Waals surface area contributed by atoms with Gasteiger partial charge in [-0.2, -0.15) is 0 Å². The summed E-state index contributed by atoms with van der Waals surface area (Å²) >= 11 is 0. The lowest BCUT2D eigenvalue weighted by Gasteiger charge is -2.27. The number of hydrogen-bond acceptors (Lipinski definition) is 3. The van der Waals surface area contributed by atoms with Crippen LogP contribution in [0.3, 0.4) is 0 Å². The summed E-state index contributed by atoms with van der Waals surface area (Å²) in [5, 5.41) is 7.24. The molecular formula is C10H19N3O2. The molecule has 0 heterocycles. The first-order chi connectivity index (χ1) is 7.15. The molecule has 0 saturated heterocycles. The Morgan fingerprint density at radius 1 is 1.53 bits per heavy atom. The van der Waals surface area contributed by atoms with Crippen LogP contribution < -0.4 is 5.73 Å². The van der Waals surface area contributed by atoms with Crippen molar-refractivity contribution in [3.63, 3.8) is 0 Å². The number of hydrogen-bond donors (Lipinski definition) is 2. The number of carbonyl (C=O) groups excluding carboxylic acids is 1. The van der Waals surface area contributed by atoms with Crippen molar-refractivity contribution in [3.8, 4) is 0 Å². The Labute approximate surface area is 90.1 Å². The first-order valence-electron chi connectivity index (χ1n) is 5.41. The minimum atomic E-state index is -0.348. The molecule has 1 rings (SSSR count). The van der Waals surface area contributed by atoms with Gasteiger partial charge in [-0.3, -0.25) is 10.3 Å². The summed E-state index contributed by atoms with van der Waals surface area (Å²) in [6.45, 7) is 2.32. The Morgan fingerprint density at radius 2 is 2.13 bits per heavy atom. The topological polar surface area (TPSA) is 79.4 Å². The Balaban J connectivity index is 2.58. The lowest BCUT2D eigenvalue weighted by Crippen LogP contribution is -2.44. The SMILES string of the molecule is CCOC(=O)N(CC(=N)N)C1CCCC1. The molecule has 15 heavy (non-hydrogen) atoms. The van der Waals surface area contributed by atoms with E-state index < -0.39 is 0 Å². The van der Waals surface area contributed by atoms with Crippen LogP contribution in [-0.4, -0.2) is 36.0 Å². The van der Waals surface area contributed by atoms with Gasteiger partial charge < -0.3 is 10.5 Å². The summed E-state index contributed by atoms with van der Waals surface area (Å²) in [5.41, 5.74) is 5.33. The number of ether oxygens (including phenoxy) is 1. The Kier molecular flexibility index (Phi) is 4.39. The fourth-order valence-electron chi connectivity index (χ4n) is 1.95. The van der Waals surface area contributed by atoms with Crippen LogP contribution in [0.4, 0.5) is 4.79 Å². The van der Waals surface area contributed by atoms with Gasteiger partial charge in [0.15, 0.2) is 0 Å². The van der Waals surface area contributed by atoms with Crippen LogP contribution in [0.25, 0.3) is 0 Å². The highest BCUT2D eigenvalue weighted by Gasteiger charge is 2.27. The second-order valence-electron chi connectivity index (χ2n) is 3.79. The van der Waals surface area contributed by atoms with E-state index in [9.17, 15) is 4.79 Å². The molecule has 1 aliphatic carbocycles. The van der Waals surface area contributed by atoms with Gasteiger partial charge in [0.25, 0.3) is 0 Å². The van der Waals surface area contributed by atoms with Gasteiger partial charge in [-0.1, -0.05) is 12.8 Å². The van der Waals surface area contributed by atoms with Crippen molar-refractivity contribution in [2.24, 2.45) is 5.73 Å². The van der Waals surface area contributed by atoms with E-state index >= 15 is 0 Å². The summed E-state index contributed by atoms with van der Waals surface area (Å²) < 4.78 is 4.95. The molecule has 0 radical (unpaired) electrons. The van der Waals surface area contributed by atoms with E-state index in [-0.39, 0.29) is 24.5 Å². The Bertz CT molecular complexity index is 237. The van der Waals surface area contributed by atoms with E-state index in [4.69, 9.17) is 15.9 Å². The standard InChI is InChI=1S/C10H19N3O2/c1-2-15-10(14)13(7-9(11)12)8-5-3-4-6-8/h8H,2-7H2,1H3,(H3,11,12). The van der Waals surface area contributed by atoms with Crippen LogP contribution in [0.5, 0.6) is 0 Å². The average molecular weight is 213 g/mol. The second-order valence-corrected chi connectivity index (χ2v) is 3.79. The number of nitrogens with one attached hydrogen (secondary N) is 1. The number of amidine groups is 1. The predicted molar refractivity (Wildman–Crippen MR) is 57.9 cm³/mol. The summed E-state index contributed by atoms with van der Waals surface area (Å²) in [6, 6.07) is 0.202. The van der Waals surface area contributed by atoms with Crippen LogP contribution in [-0.2, 0) is 4.74 Å². The second kappa shape index (κ2) is 5.58. The predicted octanol–water partition coefficient (Wildman–Crippen LogP) is 1.32. The minimum absolute atomic E-state index is 0.00922. The normalized spacial score (nSPS) is 16.3. The molecule has 1 saturated carbocycles. The van der Waals surface area contributed by atoms with Gasteiger partial charge in [0.05, 0.1) is 13.2 Å². The molecule has 1 fully saturated rings. The molecule has 0 aromatic rings. The molecule has 86 valence electrons. The van der Waals surface area contributed by atoms with Gasteiger partial charge in [0.2, 0.25) is 0 Å². The molecule has 1 amide bonds. The Morgan fingerprint density at radius 3 is 2.60 bits per heavy atom. The summed E-state index contributed by atoms with van der Waals surface area (Å²) in [7, 11) is 0. The van der Waals surface area contributed by atoms with E-state index in [0.29, 0.717) is 6.61 Å². The van der Waals surface area contributed by atoms with Crippen LogP contribution in [0.15, 0.2) is 0 Å². The molecule has 0 aromatic carbocycles. The molecule has 0 aromatic heterocycles. The lowest BCUT2D eigenvalue weighted by molar-refractivity contribution is 0.0976. The Hall–Kier alpha value is -1.26. The van der Waals surface area contributed by atoms with Gasteiger partial charge in [-0.15, -0.1) is 0 Å². The van der Waals surface area contributed by atoms with Crippen molar-refractivity contribution in [1.29, 1.82) is 5.41 Å². The molecule has 0 spiro atoms. The third-order valence-electron chi connectivity index (χ3n) is 2.61. The van der Waals surface area contributed by atoms with E-state index in [2.05, 4.69) is 0 Å². The monoisotopic (exact) mass is 213 g/mol. The number of carbonyl (C=O) groups is 1. The fraction of sp³-hybridized carbons (Fsp3) is 0.800. The quantitative estimate of drug-likeness (QED) is 0.546. The average Bonchev–Trinajstić information content (AvgIpc) is 2.66. The zero-order chi connectivity index (χ0) is 11.3. The third-order valence-corrected chi connectivity index (χ3v) is 2.61. The van der Waals surface area contributed by atoms with Gasteiger partial charge in [0.1, 0.15) is 5.84 Å². The van der Waals surface area contributed by atoms with Crippen molar-refractivity contribution in [1.82, 2.24) is 4.90 Å². The molecule has 0 unspecified atom stereocenters. The number of nitrogens with zero attached hydrogens (tertiary/aromatic N) is 1. The number of amides is 1. The third kappa shape index (κ3) is 3.42. The number of nitrogens with two attached hydrogens (primary N) is 1. The van der Waals surface area contributed by atoms with E-state index in [0.717, 1.165) is 25.7 Å². The summed E-state index contributed by atoms with van der Waals surface area (Å²) in [5.74, 6) is 0.00922. The van der Waals surface area contributed by atoms with Crippen molar-refractivity contribution in [2.75, 3.05) is 13.2 Å². The smallest absolute Gasteiger partial charge is 0.410 e. The highest BCUT2D eigenvalue weighted by atomic mass is 16.6. The van der Waals surface area contributed by atoms with Gasteiger partial charge >= 0.3 is 6.09 Å². The van der Waals surface area contributed by atoms with Crippen molar-refractivity contribution in [3.05, 3.63) is 0 Å². The molecule has 3 N–H and O–H groups in total. The van der Waals surface area contributed by atoms with Gasteiger partial charge in [-0.25, -0.2) is 4.79 Å². The largest absolute Gasteiger partial charge is 0.450 e. The van der Waals surface area contributed by atoms with Crippen molar-refractivity contribution in [2.45, 2.75) is 38.6 Å². The van der Waals surface area contributed by atoms with E-state index in [1.165, 1.54) is 0 Å². The minimum Gasteiger partial charge on any atom is -0.450 e. The molecule has 0 aliphatic heterocycles. The van der Waals surface area contributed by atoms with Crippen molar-refractivity contribution < 1.29 is 9.53 Å². The highest BCUT2D eigenvalue weighted by Crippen LogP contribution is 2.23. The summed E-state index contributed by atoms with van der Waals surface area (Å²) in [4.78, 5) is 13.2. The summed E-state index contributed by atoms with van der Waals surface area (Å²) in [6.07, 6.45) is 3.91. The van der Waals surface area contributed by atoms with Crippen LogP contribution in [0.1, 0.15) is 32.6 Å². The van der Waals surface area contributed by atoms with Crippen LogP contribution in [0.2, 0.25) is 0 Å². The fourth-order valence-corrected chi connectivity index (χ4v) is 1.95. The first-order valence-corrected chi connectivity index (χ1v) is 5.41. The maximum Gasteiger partial charge on any atom is 0.410 e. The molecule has 5 heteroatoms. The van der Waals surface area contributed by atoms with E-state index in [1.807, 2.05) is 0 Å². The molecule has 0 bridgehead atoms. The molecule has 5 nitrogen and oxygen atoms in total. The zero-order valence-corrected chi connectivity index (χ0v) is 9.16. The van der Waals surface area contributed by atoms with Gasteiger partial charge in [0, 0.05) is 6.04 Å². The first kappa shape index (κ1) is 11.8. The number of rotatable bonds is 4. The van der Waals surface area contributed by atoms with Gasteiger partial charge in [-0.05, 0) is 19.8 Å². The van der Waals surface area contributed by atoms with E-state index in [1.54, 1.807) is 11.8 Å². The molecular weight excluding hydrogens is 194 g/mol. The maximum absolute atomic E-state index is 11.6. The highest BCUT2D eigenvalue weighted by molar-refractivity contribution is 5.83. The maximum atomic E-state index is 11.6. The van der Waals surface area contributed by atoms with Crippen LogP contribution in [0, 0.1) is 5.41 Å². The van der Waals surface area contributed by atoms with Crippen molar-refractivity contribution >= 4 is 11.9 Å². The zero-order valence-electron chi connectivity index (χ0n) is 9.16. The van der Waals surface area contributed by atoms with Crippen LogP contribution >= 0.6 is 0 Å².